The van der Waals surface area contributed by atoms with Gasteiger partial charge in [-0.1, -0.05) is 111 Å². The molecule has 0 spiro atoms. The van der Waals surface area contributed by atoms with E-state index in [0.717, 1.165) is 16.3 Å². The predicted octanol–water partition coefficient (Wildman–Crippen LogP) is 11.4. The number of anilines is 2. The van der Waals surface area contributed by atoms with Gasteiger partial charge in [0.25, 0.3) is 0 Å². The van der Waals surface area contributed by atoms with Crippen LogP contribution in [0.15, 0.2) is 147 Å². The zero-order valence-corrected chi connectivity index (χ0v) is 24.1. The van der Waals surface area contributed by atoms with Crippen LogP contribution in [-0.2, 0) is 5.41 Å². The van der Waals surface area contributed by atoms with E-state index in [1.54, 1.807) is 0 Å². The number of hydrogen-bond acceptors (Lipinski definition) is 1. The lowest BCUT2D eigenvalue weighted by molar-refractivity contribution is 0.590. The Balaban J connectivity index is 1.74. The molecule has 0 fully saturated rings. The van der Waals surface area contributed by atoms with Crippen molar-refractivity contribution in [2.45, 2.75) is 45.8 Å². The van der Waals surface area contributed by atoms with Crippen molar-refractivity contribution in [2.24, 2.45) is 0 Å². The third-order valence-corrected chi connectivity index (χ3v) is 11.4. The molecule has 0 aliphatic heterocycles. The first-order chi connectivity index (χ1) is 18.3. The minimum atomic E-state index is -1.87. The molecule has 0 unspecified atom stereocenters. The normalized spacial score (nSPS) is 12.2. The predicted molar refractivity (Wildman–Crippen MR) is 165 cm³/mol. The number of nitrogens with one attached hydrogen (secondary N) is 1. The SMILES string of the molecule is CC(C)(C)c1ccc(Nc2cc(S(c3ccccc3)(c3ccccc3)c3ccccc3)cc(Cl)c2Cl)cc1. The highest BCUT2D eigenvalue weighted by Crippen LogP contribution is 2.74. The number of hydrogen-bond donors (Lipinski definition) is 1. The summed E-state index contributed by atoms with van der Waals surface area (Å²) in [5, 5.41) is 4.59. The van der Waals surface area contributed by atoms with Gasteiger partial charge in [-0.25, -0.2) is 0 Å². The Bertz CT molecular complexity index is 1410. The maximum atomic E-state index is 6.88. The maximum absolute atomic E-state index is 6.88. The molecule has 0 aromatic heterocycles. The van der Waals surface area contributed by atoms with E-state index in [9.17, 15) is 0 Å². The van der Waals surface area contributed by atoms with E-state index >= 15 is 0 Å². The summed E-state index contributed by atoms with van der Waals surface area (Å²) in [7, 11) is -1.87. The van der Waals surface area contributed by atoms with Gasteiger partial charge in [0.1, 0.15) is 0 Å². The molecule has 5 rings (SSSR count). The van der Waals surface area contributed by atoms with Gasteiger partial charge in [-0.15, -0.1) is 10.0 Å². The van der Waals surface area contributed by atoms with Crippen molar-refractivity contribution >= 4 is 44.6 Å². The number of rotatable bonds is 6. The zero-order chi connectivity index (χ0) is 26.8. The molecule has 38 heavy (non-hydrogen) atoms. The minimum Gasteiger partial charge on any atom is -0.354 e. The van der Waals surface area contributed by atoms with Crippen molar-refractivity contribution in [3.63, 3.8) is 0 Å². The lowest BCUT2D eigenvalue weighted by atomic mass is 9.87. The smallest absolute Gasteiger partial charge is 0.0827 e. The Morgan fingerprint density at radius 1 is 0.553 bits per heavy atom. The second-order valence-electron chi connectivity index (χ2n) is 10.3. The zero-order valence-electron chi connectivity index (χ0n) is 21.8. The average molecular weight is 557 g/mol. The average Bonchev–Trinajstić information content (AvgIpc) is 2.93. The summed E-state index contributed by atoms with van der Waals surface area (Å²) in [5.41, 5.74) is 3.12. The largest absolute Gasteiger partial charge is 0.354 e. The standard InChI is InChI=1S/C34H31Cl2NS/c1-34(2,3)25-19-21-26(22-20-25)37-32-24-30(23-31(35)33(32)36)38(27-13-7-4-8-14-27,28-15-9-5-10-16-28)29-17-11-6-12-18-29/h4-24,37H,1-3H3. The summed E-state index contributed by atoms with van der Waals surface area (Å²) in [4.78, 5) is 4.81. The fraction of sp³-hybridized carbons (Fsp3) is 0.118. The molecule has 4 heteroatoms. The van der Waals surface area contributed by atoms with E-state index in [2.05, 4.69) is 147 Å². The van der Waals surface area contributed by atoms with E-state index < -0.39 is 10.0 Å². The molecule has 0 amide bonds. The van der Waals surface area contributed by atoms with E-state index in [4.69, 9.17) is 23.2 Å². The number of benzene rings is 5. The molecule has 0 atom stereocenters. The second-order valence-corrected chi connectivity index (χ2v) is 14.2. The van der Waals surface area contributed by atoms with Crippen LogP contribution in [0.4, 0.5) is 11.4 Å². The van der Waals surface area contributed by atoms with Gasteiger partial charge in [-0.05, 0) is 71.6 Å². The van der Waals surface area contributed by atoms with Gasteiger partial charge >= 0.3 is 0 Å². The van der Waals surface area contributed by atoms with Crippen molar-refractivity contribution in [1.82, 2.24) is 0 Å². The van der Waals surface area contributed by atoms with Crippen LogP contribution < -0.4 is 5.32 Å². The Labute approximate surface area is 237 Å². The number of halogens is 2. The molecule has 5 aromatic rings. The third-order valence-electron chi connectivity index (χ3n) is 6.68. The van der Waals surface area contributed by atoms with Crippen molar-refractivity contribution < 1.29 is 0 Å². The van der Waals surface area contributed by atoms with Gasteiger partial charge in [0, 0.05) is 25.3 Å². The maximum Gasteiger partial charge on any atom is 0.0827 e. The van der Waals surface area contributed by atoms with E-state index in [1.165, 1.54) is 20.2 Å². The van der Waals surface area contributed by atoms with Gasteiger partial charge < -0.3 is 5.32 Å². The third kappa shape index (κ3) is 5.09. The highest BCUT2D eigenvalue weighted by molar-refractivity contribution is 8.34. The van der Waals surface area contributed by atoms with Gasteiger partial charge in [0.05, 0.1) is 15.7 Å². The highest BCUT2D eigenvalue weighted by Gasteiger charge is 2.34. The first-order valence-corrected chi connectivity index (χ1v) is 15.0. The Morgan fingerprint density at radius 3 is 1.42 bits per heavy atom. The molecule has 1 nitrogen and oxygen atoms in total. The van der Waals surface area contributed by atoms with Crippen LogP contribution in [0.3, 0.4) is 0 Å². The summed E-state index contributed by atoms with van der Waals surface area (Å²) in [6.07, 6.45) is 0. The van der Waals surface area contributed by atoms with Crippen LogP contribution in [0, 0.1) is 0 Å². The summed E-state index contributed by atoms with van der Waals surface area (Å²) < 4.78 is 0. The monoisotopic (exact) mass is 555 g/mol. The second kappa shape index (κ2) is 10.9. The van der Waals surface area contributed by atoms with Crippen LogP contribution in [-0.4, -0.2) is 0 Å². The molecule has 192 valence electrons. The van der Waals surface area contributed by atoms with Crippen molar-refractivity contribution in [2.75, 3.05) is 5.32 Å². The van der Waals surface area contributed by atoms with Crippen LogP contribution >= 0.6 is 33.2 Å². The minimum absolute atomic E-state index is 0.0867. The summed E-state index contributed by atoms with van der Waals surface area (Å²) >= 11 is 13.7. The first-order valence-electron chi connectivity index (χ1n) is 12.7. The molecule has 0 aliphatic rings. The van der Waals surface area contributed by atoms with Gasteiger partial charge in [0.15, 0.2) is 0 Å². The fourth-order valence-electron chi connectivity index (χ4n) is 4.73. The summed E-state index contributed by atoms with van der Waals surface area (Å²) in [5.74, 6) is 0. The molecule has 0 saturated carbocycles. The fourth-order valence-corrected chi connectivity index (χ4v) is 9.09. The molecule has 0 bridgehead atoms. The van der Waals surface area contributed by atoms with Crippen LogP contribution in [0.5, 0.6) is 0 Å². The molecule has 0 saturated heterocycles. The topological polar surface area (TPSA) is 12.0 Å². The Kier molecular flexibility index (Phi) is 7.59. The highest BCUT2D eigenvalue weighted by atomic mass is 35.5. The summed E-state index contributed by atoms with van der Waals surface area (Å²) in [6.45, 7) is 6.65. The molecule has 5 aromatic carbocycles. The molecule has 0 heterocycles. The molecule has 0 radical (unpaired) electrons. The van der Waals surface area contributed by atoms with Crippen LogP contribution in [0.2, 0.25) is 10.0 Å². The van der Waals surface area contributed by atoms with E-state index in [0.29, 0.717) is 10.0 Å². The van der Waals surface area contributed by atoms with Crippen LogP contribution in [0.1, 0.15) is 26.3 Å². The lowest BCUT2D eigenvalue weighted by Gasteiger charge is -2.42. The van der Waals surface area contributed by atoms with Gasteiger partial charge in [-0.3, -0.25) is 0 Å². The summed E-state index contributed by atoms with van der Waals surface area (Å²) in [6, 6.07) is 44.9. The Morgan fingerprint density at radius 2 is 1.00 bits per heavy atom. The van der Waals surface area contributed by atoms with Crippen molar-refractivity contribution in [3.05, 3.63) is 143 Å². The first kappa shape index (κ1) is 26.4. The van der Waals surface area contributed by atoms with Crippen molar-refractivity contribution in [3.8, 4) is 0 Å². The van der Waals surface area contributed by atoms with Gasteiger partial charge in [0.2, 0.25) is 0 Å². The van der Waals surface area contributed by atoms with E-state index in [-0.39, 0.29) is 5.41 Å². The Hall–Kier alpha value is -3.17. The van der Waals surface area contributed by atoms with Crippen LogP contribution in [0.25, 0.3) is 0 Å². The van der Waals surface area contributed by atoms with Gasteiger partial charge in [-0.2, -0.15) is 0 Å². The van der Waals surface area contributed by atoms with Crippen molar-refractivity contribution in [1.29, 1.82) is 0 Å². The molecular weight excluding hydrogens is 525 g/mol. The quantitative estimate of drug-likeness (QED) is 0.219. The molecule has 1 N–H and O–H groups in total. The lowest BCUT2D eigenvalue weighted by Crippen LogP contribution is -2.10. The molecular formula is C34H31Cl2NS. The molecule has 0 aliphatic carbocycles. The van der Waals surface area contributed by atoms with E-state index in [1.807, 2.05) is 6.07 Å².